The first-order valence-corrected chi connectivity index (χ1v) is 9.27. The van der Waals surface area contributed by atoms with Crippen molar-refractivity contribution in [3.8, 4) is 0 Å². The van der Waals surface area contributed by atoms with Crippen molar-refractivity contribution in [2.24, 2.45) is 0 Å². The fourth-order valence-electron chi connectivity index (χ4n) is 3.40. The van der Waals surface area contributed by atoms with Crippen LogP contribution in [-0.2, 0) is 6.54 Å². The number of para-hydroxylation sites is 2. The third-order valence-electron chi connectivity index (χ3n) is 5.00. The molecule has 0 bridgehead atoms. The molecule has 142 valence electrons. The van der Waals surface area contributed by atoms with E-state index in [1.54, 1.807) is 12.1 Å². The van der Waals surface area contributed by atoms with Crippen LogP contribution in [0.2, 0.25) is 0 Å². The normalized spacial score (nSPS) is 12.7. The molecular weight excluding hydrogens is 354 g/mol. The van der Waals surface area contributed by atoms with E-state index in [2.05, 4.69) is 24.8 Å². The summed E-state index contributed by atoms with van der Waals surface area (Å²) in [5.41, 5.74) is 1.03. The average molecular weight is 375 g/mol. The number of nitrogens with one attached hydrogen (secondary N) is 2. The van der Waals surface area contributed by atoms with Crippen LogP contribution in [0.3, 0.4) is 0 Å². The molecule has 0 saturated heterocycles. The molecule has 7 nitrogen and oxygen atoms in total. The summed E-state index contributed by atoms with van der Waals surface area (Å²) in [6, 6.07) is 14.4. The first-order chi connectivity index (χ1) is 13.6. The van der Waals surface area contributed by atoms with E-state index in [1.165, 1.54) is 0 Å². The second-order valence-electron chi connectivity index (χ2n) is 6.74. The van der Waals surface area contributed by atoms with E-state index >= 15 is 0 Å². The van der Waals surface area contributed by atoms with Crippen LogP contribution in [-0.4, -0.2) is 31.4 Å². The Labute approximate surface area is 161 Å². The molecule has 0 aliphatic rings. The summed E-state index contributed by atoms with van der Waals surface area (Å²) >= 11 is 0. The Balaban J connectivity index is 1.67. The maximum absolute atomic E-state index is 12.4. The van der Waals surface area contributed by atoms with Gasteiger partial charge >= 0.3 is 0 Å². The van der Waals surface area contributed by atoms with Crippen LogP contribution in [0.5, 0.6) is 0 Å². The number of nitrogens with zero attached hydrogens (tertiary/aromatic N) is 3. The molecule has 0 aliphatic carbocycles. The summed E-state index contributed by atoms with van der Waals surface area (Å²) in [4.78, 5) is 41.8. The van der Waals surface area contributed by atoms with Gasteiger partial charge in [0.2, 0.25) is 0 Å². The molecule has 2 aromatic carbocycles. The van der Waals surface area contributed by atoms with Crippen molar-refractivity contribution in [3.63, 3.8) is 0 Å². The Bertz CT molecular complexity index is 1260. The second-order valence-corrected chi connectivity index (χ2v) is 6.74. The molecule has 28 heavy (non-hydrogen) atoms. The van der Waals surface area contributed by atoms with Crippen LogP contribution in [0.15, 0.2) is 58.1 Å². The molecule has 0 fully saturated rings. The minimum absolute atomic E-state index is 0.151. The number of benzene rings is 2. The zero-order chi connectivity index (χ0) is 19.7. The van der Waals surface area contributed by atoms with Crippen LogP contribution >= 0.6 is 0 Å². The molecule has 0 amide bonds. The van der Waals surface area contributed by atoms with Gasteiger partial charge in [-0.15, -0.1) is 0 Å². The van der Waals surface area contributed by atoms with Crippen molar-refractivity contribution >= 4 is 21.8 Å². The molecule has 0 radical (unpaired) electrons. The SMILES string of the molecule is CCN(Cc1nc2ccccc2c(=O)[nH]1)C(C)c1nc2ccccc2c(=O)[nH]1. The highest BCUT2D eigenvalue weighted by molar-refractivity contribution is 5.77. The summed E-state index contributed by atoms with van der Waals surface area (Å²) < 4.78 is 0. The number of fused-ring (bicyclic) bond motifs is 2. The zero-order valence-corrected chi connectivity index (χ0v) is 15.8. The third-order valence-corrected chi connectivity index (χ3v) is 5.00. The monoisotopic (exact) mass is 375 g/mol. The molecule has 4 aromatic rings. The van der Waals surface area contributed by atoms with Crippen LogP contribution in [0.4, 0.5) is 0 Å². The largest absolute Gasteiger partial charge is 0.309 e. The van der Waals surface area contributed by atoms with Crippen LogP contribution in [0, 0.1) is 0 Å². The highest BCUT2D eigenvalue weighted by Crippen LogP contribution is 2.19. The molecule has 0 aliphatic heterocycles. The number of H-pyrrole nitrogens is 2. The van der Waals surface area contributed by atoms with E-state index in [0.717, 1.165) is 0 Å². The minimum atomic E-state index is -0.154. The number of hydrogen-bond donors (Lipinski definition) is 2. The van der Waals surface area contributed by atoms with Gasteiger partial charge in [0, 0.05) is 0 Å². The standard InChI is InChI=1S/C21H21N5O2/c1-3-26(12-18-22-16-10-6-4-8-14(16)20(27)24-18)13(2)19-23-17-11-7-5-9-15(17)21(28)25-19/h4-11,13H,3,12H2,1-2H3,(H,22,24,27)(H,23,25,28). The number of aromatic nitrogens is 4. The van der Waals surface area contributed by atoms with Gasteiger partial charge in [0.15, 0.2) is 0 Å². The Hall–Kier alpha value is -3.32. The molecule has 0 saturated carbocycles. The van der Waals surface area contributed by atoms with Gasteiger partial charge in [-0.2, -0.15) is 0 Å². The quantitative estimate of drug-likeness (QED) is 0.559. The van der Waals surface area contributed by atoms with Gasteiger partial charge in [0.25, 0.3) is 11.1 Å². The fourth-order valence-corrected chi connectivity index (χ4v) is 3.40. The fraction of sp³-hybridized carbons (Fsp3) is 0.238. The topological polar surface area (TPSA) is 94.7 Å². The van der Waals surface area contributed by atoms with Crippen molar-refractivity contribution in [1.29, 1.82) is 0 Å². The lowest BCUT2D eigenvalue weighted by Gasteiger charge is -2.26. The molecule has 2 N–H and O–H groups in total. The van der Waals surface area contributed by atoms with Crippen molar-refractivity contribution in [3.05, 3.63) is 80.9 Å². The predicted octanol–water partition coefficient (Wildman–Crippen LogP) is 2.74. The smallest absolute Gasteiger partial charge is 0.258 e. The maximum Gasteiger partial charge on any atom is 0.258 e. The third kappa shape index (κ3) is 3.32. The van der Waals surface area contributed by atoms with Crippen molar-refractivity contribution < 1.29 is 0 Å². The summed E-state index contributed by atoms with van der Waals surface area (Å²) in [7, 11) is 0. The summed E-state index contributed by atoms with van der Waals surface area (Å²) in [6.07, 6.45) is 0. The van der Waals surface area contributed by atoms with Crippen molar-refractivity contribution in [2.45, 2.75) is 26.4 Å². The number of rotatable bonds is 5. The Morgan fingerprint density at radius 3 is 2.11 bits per heavy atom. The molecule has 2 heterocycles. The highest BCUT2D eigenvalue weighted by Gasteiger charge is 2.19. The van der Waals surface area contributed by atoms with E-state index in [-0.39, 0.29) is 17.2 Å². The van der Waals surface area contributed by atoms with Gasteiger partial charge < -0.3 is 9.97 Å². The Kier molecular flexibility index (Phi) is 4.75. The highest BCUT2D eigenvalue weighted by atomic mass is 16.1. The molecular formula is C21H21N5O2. The van der Waals surface area contributed by atoms with Crippen molar-refractivity contribution in [1.82, 2.24) is 24.8 Å². The average Bonchev–Trinajstić information content (AvgIpc) is 2.71. The zero-order valence-electron chi connectivity index (χ0n) is 15.8. The summed E-state index contributed by atoms with van der Waals surface area (Å²) in [6.45, 7) is 5.15. The summed E-state index contributed by atoms with van der Waals surface area (Å²) in [5.74, 6) is 1.18. The molecule has 1 atom stereocenters. The molecule has 1 unspecified atom stereocenters. The van der Waals surface area contributed by atoms with Gasteiger partial charge in [-0.3, -0.25) is 14.5 Å². The number of aromatic amines is 2. The maximum atomic E-state index is 12.4. The van der Waals surface area contributed by atoms with E-state index in [9.17, 15) is 9.59 Å². The minimum Gasteiger partial charge on any atom is -0.309 e. The Morgan fingerprint density at radius 2 is 1.46 bits per heavy atom. The predicted molar refractivity (Wildman–Crippen MR) is 109 cm³/mol. The van der Waals surface area contributed by atoms with Crippen molar-refractivity contribution in [2.75, 3.05) is 6.54 Å². The molecule has 2 aromatic heterocycles. The van der Waals surface area contributed by atoms with E-state index < -0.39 is 0 Å². The van der Waals surface area contributed by atoms with Gasteiger partial charge in [0.1, 0.15) is 11.6 Å². The molecule has 4 rings (SSSR count). The van der Waals surface area contributed by atoms with Gasteiger partial charge in [-0.05, 0) is 37.7 Å². The number of hydrogen-bond acceptors (Lipinski definition) is 5. The van der Waals surface area contributed by atoms with E-state index in [4.69, 9.17) is 0 Å². The second kappa shape index (κ2) is 7.36. The van der Waals surface area contributed by atoms with E-state index in [1.807, 2.05) is 50.2 Å². The van der Waals surface area contributed by atoms with Gasteiger partial charge in [-0.25, -0.2) is 9.97 Å². The molecule has 0 spiro atoms. The van der Waals surface area contributed by atoms with Crippen LogP contribution < -0.4 is 11.1 Å². The molecule has 7 heteroatoms. The summed E-state index contributed by atoms with van der Waals surface area (Å²) in [5, 5.41) is 1.14. The van der Waals surface area contributed by atoms with E-state index in [0.29, 0.717) is 46.5 Å². The van der Waals surface area contributed by atoms with Crippen LogP contribution in [0.25, 0.3) is 21.8 Å². The van der Waals surface area contributed by atoms with Crippen LogP contribution in [0.1, 0.15) is 31.5 Å². The first-order valence-electron chi connectivity index (χ1n) is 9.27. The van der Waals surface area contributed by atoms with Gasteiger partial charge in [0.05, 0.1) is 34.4 Å². The lowest BCUT2D eigenvalue weighted by Crippen LogP contribution is -2.30. The first kappa shape index (κ1) is 18.1. The lowest BCUT2D eigenvalue weighted by atomic mass is 10.2. The van der Waals surface area contributed by atoms with Gasteiger partial charge in [-0.1, -0.05) is 31.2 Å². The Morgan fingerprint density at radius 1 is 0.893 bits per heavy atom. The lowest BCUT2D eigenvalue weighted by molar-refractivity contribution is 0.200.